The quantitative estimate of drug-likeness (QED) is 0.459. The summed E-state index contributed by atoms with van der Waals surface area (Å²) in [6, 6.07) is 5.01. The number of aryl methyl sites for hydroxylation is 1. The Bertz CT molecular complexity index is 550. The topological polar surface area (TPSA) is 109 Å². The van der Waals surface area contributed by atoms with Gasteiger partial charge in [-0.15, -0.1) is 0 Å². The van der Waals surface area contributed by atoms with Gasteiger partial charge in [0.2, 0.25) is 0 Å². The van der Waals surface area contributed by atoms with Crippen molar-refractivity contribution in [3.63, 3.8) is 0 Å². The van der Waals surface area contributed by atoms with Crippen LogP contribution in [0.2, 0.25) is 0 Å². The molecule has 1 amide bonds. The number of hydrazine groups is 1. The molecule has 0 aliphatic carbocycles. The maximum atomic E-state index is 11.8. The van der Waals surface area contributed by atoms with Crippen LogP contribution in [0.25, 0.3) is 0 Å². The van der Waals surface area contributed by atoms with E-state index in [1.54, 1.807) is 24.4 Å². The second-order valence-electron chi connectivity index (χ2n) is 3.76. The van der Waals surface area contributed by atoms with E-state index in [2.05, 4.69) is 25.9 Å². The van der Waals surface area contributed by atoms with E-state index in [-0.39, 0.29) is 5.91 Å². The third-order valence-corrected chi connectivity index (χ3v) is 2.50. The Kier molecular flexibility index (Phi) is 3.54. The average Bonchev–Trinajstić information content (AvgIpc) is 2.81. The van der Waals surface area contributed by atoms with Gasteiger partial charge in [0, 0.05) is 17.8 Å². The van der Waals surface area contributed by atoms with Crippen LogP contribution >= 0.6 is 0 Å². The Morgan fingerprint density at radius 1 is 1.50 bits per heavy atom. The molecule has 18 heavy (non-hydrogen) atoms. The van der Waals surface area contributed by atoms with Crippen molar-refractivity contribution in [2.45, 2.75) is 13.5 Å². The van der Waals surface area contributed by atoms with Crippen LogP contribution in [0.1, 0.15) is 21.7 Å². The fourth-order valence-electron chi connectivity index (χ4n) is 1.46. The molecule has 2 aromatic heterocycles. The molecule has 7 nitrogen and oxygen atoms in total. The number of nitrogens with one attached hydrogen (secondary N) is 3. The Balaban J connectivity index is 2.01. The second-order valence-corrected chi connectivity index (χ2v) is 3.76. The van der Waals surface area contributed by atoms with E-state index < -0.39 is 0 Å². The molecule has 2 aromatic rings. The van der Waals surface area contributed by atoms with Crippen molar-refractivity contribution in [2.75, 3.05) is 5.43 Å². The lowest BCUT2D eigenvalue weighted by Gasteiger charge is -2.05. The molecule has 0 aromatic carbocycles. The van der Waals surface area contributed by atoms with Crippen LogP contribution in [-0.4, -0.2) is 21.1 Å². The van der Waals surface area contributed by atoms with Gasteiger partial charge in [0.1, 0.15) is 11.5 Å². The number of nitrogens with zero attached hydrogens (tertiary/aromatic N) is 2. The number of carbonyl (C=O) groups excluding carboxylic acids is 1. The number of nitrogen functional groups attached to an aromatic ring is 1. The first-order chi connectivity index (χ1) is 8.70. The largest absolute Gasteiger partial charge is 0.346 e. The molecular weight excluding hydrogens is 232 g/mol. The lowest BCUT2D eigenvalue weighted by Crippen LogP contribution is -2.24. The number of aromatic amines is 1. The molecule has 0 radical (unpaired) electrons. The number of H-pyrrole nitrogens is 1. The second kappa shape index (κ2) is 5.28. The molecule has 0 fully saturated rings. The molecule has 2 heterocycles. The highest BCUT2D eigenvalue weighted by Crippen LogP contribution is 2.05. The lowest BCUT2D eigenvalue weighted by molar-refractivity contribution is 0.0946. The number of hydrogen-bond acceptors (Lipinski definition) is 5. The number of pyridine rings is 1. The highest BCUT2D eigenvalue weighted by Gasteiger charge is 2.08. The van der Waals surface area contributed by atoms with Crippen LogP contribution in [-0.2, 0) is 6.54 Å². The molecule has 94 valence electrons. The number of anilines is 1. The maximum Gasteiger partial charge on any atom is 0.270 e. The SMILES string of the molecule is Cc1[nH]ncc1CNC(=O)c1cccc(NN)n1. The van der Waals surface area contributed by atoms with Gasteiger partial charge in [-0.25, -0.2) is 10.8 Å². The van der Waals surface area contributed by atoms with E-state index in [1.165, 1.54) is 0 Å². The van der Waals surface area contributed by atoms with Crippen LogP contribution < -0.4 is 16.6 Å². The van der Waals surface area contributed by atoms with Crippen molar-refractivity contribution in [2.24, 2.45) is 5.84 Å². The van der Waals surface area contributed by atoms with Gasteiger partial charge in [-0.1, -0.05) is 6.07 Å². The minimum Gasteiger partial charge on any atom is -0.346 e. The summed E-state index contributed by atoms with van der Waals surface area (Å²) in [5.41, 5.74) is 4.58. The fourth-order valence-corrected chi connectivity index (χ4v) is 1.46. The summed E-state index contributed by atoms with van der Waals surface area (Å²) in [5.74, 6) is 5.42. The molecule has 0 unspecified atom stereocenters. The standard InChI is InChI=1S/C11H14N6O/c1-7-8(6-14-17-7)5-13-11(18)9-3-2-4-10(15-9)16-12/h2-4,6H,5,12H2,1H3,(H,13,18)(H,14,17)(H,15,16). The number of nitrogens with two attached hydrogens (primary N) is 1. The van der Waals surface area contributed by atoms with E-state index in [0.29, 0.717) is 18.1 Å². The lowest BCUT2D eigenvalue weighted by atomic mass is 10.2. The van der Waals surface area contributed by atoms with Crippen LogP contribution in [0, 0.1) is 6.92 Å². The summed E-state index contributed by atoms with van der Waals surface area (Å²) in [6.07, 6.45) is 1.68. The van der Waals surface area contributed by atoms with E-state index in [9.17, 15) is 4.79 Å². The van der Waals surface area contributed by atoms with Crippen molar-refractivity contribution in [1.82, 2.24) is 20.5 Å². The predicted octanol–water partition coefficient (Wildman–Crippen LogP) is 0.329. The van der Waals surface area contributed by atoms with Crippen LogP contribution in [0.15, 0.2) is 24.4 Å². The zero-order chi connectivity index (χ0) is 13.0. The van der Waals surface area contributed by atoms with Crippen LogP contribution in [0.3, 0.4) is 0 Å². The smallest absolute Gasteiger partial charge is 0.270 e. The minimum atomic E-state index is -0.257. The molecular formula is C11H14N6O. The van der Waals surface area contributed by atoms with Crippen molar-refractivity contribution >= 4 is 11.7 Å². The van der Waals surface area contributed by atoms with Gasteiger partial charge in [0.15, 0.2) is 0 Å². The van der Waals surface area contributed by atoms with Gasteiger partial charge in [0.25, 0.3) is 5.91 Å². The summed E-state index contributed by atoms with van der Waals surface area (Å²) in [6.45, 7) is 2.30. The van der Waals surface area contributed by atoms with Gasteiger partial charge < -0.3 is 10.7 Å². The molecule has 0 aliphatic rings. The molecule has 0 aliphatic heterocycles. The highest BCUT2D eigenvalue weighted by atomic mass is 16.1. The van der Waals surface area contributed by atoms with E-state index in [4.69, 9.17) is 5.84 Å². The number of aromatic nitrogens is 3. The third-order valence-electron chi connectivity index (χ3n) is 2.50. The van der Waals surface area contributed by atoms with Crippen molar-refractivity contribution in [1.29, 1.82) is 0 Å². The first kappa shape index (κ1) is 12.1. The maximum absolute atomic E-state index is 11.8. The van der Waals surface area contributed by atoms with Gasteiger partial charge in [0.05, 0.1) is 6.20 Å². The Morgan fingerprint density at radius 2 is 2.33 bits per heavy atom. The molecule has 0 saturated carbocycles. The molecule has 7 heteroatoms. The van der Waals surface area contributed by atoms with E-state index in [0.717, 1.165) is 11.3 Å². The predicted molar refractivity (Wildman–Crippen MR) is 66.5 cm³/mol. The van der Waals surface area contributed by atoms with Crippen LogP contribution in [0.4, 0.5) is 5.82 Å². The molecule has 0 bridgehead atoms. The minimum absolute atomic E-state index is 0.257. The molecule has 0 atom stereocenters. The number of rotatable bonds is 4. The molecule has 5 N–H and O–H groups in total. The Hall–Kier alpha value is -2.41. The van der Waals surface area contributed by atoms with Gasteiger partial charge in [-0.2, -0.15) is 5.10 Å². The van der Waals surface area contributed by atoms with E-state index >= 15 is 0 Å². The number of hydrogen-bond donors (Lipinski definition) is 4. The Morgan fingerprint density at radius 3 is 3.00 bits per heavy atom. The number of amides is 1. The van der Waals surface area contributed by atoms with Gasteiger partial charge in [-0.3, -0.25) is 9.89 Å². The van der Waals surface area contributed by atoms with Crippen molar-refractivity contribution in [3.05, 3.63) is 41.3 Å². The van der Waals surface area contributed by atoms with Crippen LogP contribution in [0.5, 0.6) is 0 Å². The summed E-state index contributed by atoms with van der Waals surface area (Å²) in [5, 5.41) is 9.45. The molecule has 0 spiro atoms. The first-order valence-electron chi connectivity index (χ1n) is 5.41. The third kappa shape index (κ3) is 2.64. The first-order valence-corrected chi connectivity index (χ1v) is 5.41. The number of carbonyl (C=O) groups is 1. The summed E-state index contributed by atoms with van der Waals surface area (Å²) in [4.78, 5) is 15.9. The zero-order valence-electron chi connectivity index (χ0n) is 9.90. The van der Waals surface area contributed by atoms with Crippen molar-refractivity contribution < 1.29 is 4.79 Å². The normalized spacial score (nSPS) is 10.1. The summed E-state index contributed by atoms with van der Waals surface area (Å²) in [7, 11) is 0. The van der Waals surface area contributed by atoms with Gasteiger partial charge in [-0.05, 0) is 19.1 Å². The molecule has 0 saturated heterocycles. The highest BCUT2D eigenvalue weighted by molar-refractivity contribution is 5.92. The average molecular weight is 246 g/mol. The monoisotopic (exact) mass is 246 g/mol. The van der Waals surface area contributed by atoms with Crippen molar-refractivity contribution in [3.8, 4) is 0 Å². The molecule has 2 rings (SSSR count). The zero-order valence-corrected chi connectivity index (χ0v) is 9.90. The van der Waals surface area contributed by atoms with Gasteiger partial charge >= 0.3 is 0 Å². The Labute approximate surface area is 104 Å². The summed E-state index contributed by atoms with van der Waals surface area (Å²) >= 11 is 0. The summed E-state index contributed by atoms with van der Waals surface area (Å²) < 4.78 is 0. The fraction of sp³-hybridized carbons (Fsp3) is 0.182. The van der Waals surface area contributed by atoms with E-state index in [1.807, 2.05) is 6.92 Å².